The summed E-state index contributed by atoms with van der Waals surface area (Å²) >= 11 is 3.45. The first-order chi connectivity index (χ1) is 7.19. The Labute approximate surface area is 96.4 Å². The molecule has 2 aromatic rings. The van der Waals surface area contributed by atoms with Crippen molar-refractivity contribution in [3.05, 3.63) is 22.1 Å². The van der Waals surface area contributed by atoms with Crippen molar-refractivity contribution >= 4 is 21.7 Å². The minimum Gasteiger partial charge on any atom is -0.481 e. The molecule has 0 aromatic carbocycles. The molecule has 5 heteroatoms. The van der Waals surface area contributed by atoms with Gasteiger partial charge in [0, 0.05) is 11.3 Å². The van der Waals surface area contributed by atoms with Crippen LogP contribution < -0.4 is 4.74 Å². The molecule has 0 atom stereocenters. The highest BCUT2D eigenvalue weighted by Gasteiger charge is 2.13. The van der Waals surface area contributed by atoms with Crippen molar-refractivity contribution in [3.63, 3.8) is 0 Å². The summed E-state index contributed by atoms with van der Waals surface area (Å²) in [6.07, 6.45) is 2.64. The van der Waals surface area contributed by atoms with E-state index in [1.807, 2.05) is 11.3 Å². The number of aromatic nitrogens is 3. The van der Waals surface area contributed by atoms with Gasteiger partial charge in [0.1, 0.15) is 4.60 Å². The van der Waals surface area contributed by atoms with Crippen LogP contribution in [0.25, 0.3) is 5.78 Å². The zero-order valence-corrected chi connectivity index (χ0v) is 10.5. The quantitative estimate of drug-likeness (QED) is 0.841. The molecule has 0 radical (unpaired) electrons. The van der Waals surface area contributed by atoms with Gasteiger partial charge in [-0.1, -0.05) is 6.92 Å². The van der Waals surface area contributed by atoms with Crippen LogP contribution in [-0.2, 0) is 6.42 Å². The van der Waals surface area contributed by atoms with Gasteiger partial charge in [-0.2, -0.15) is 4.98 Å². The van der Waals surface area contributed by atoms with E-state index in [4.69, 9.17) is 4.74 Å². The predicted octanol–water partition coefficient (Wildman–Crippen LogP) is 2.37. The van der Waals surface area contributed by atoms with Gasteiger partial charge in [0.05, 0.1) is 13.3 Å². The highest BCUT2D eigenvalue weighted by molar-refractivity contribution is 9.10. The normalized spacial score (nSPS) is 10.9. The molecule has 0 N–H and O–H groups in total. The van der Waals surface area contributed by atoms with E-state index in [1.54, 1.807) is 13.3 Å². The first-order valence-electron chi connectivity index (χ1n) is 4.75. The molecule has 80 valence electrons. The Morgan fingerprint density at radius 1 is 1.53 bits per heavy atom. The summed E-state index contributed by atoms with van der Waals surface area (Å²) in [5, 5.41) is 0. The Morgan fingerprint density at radius 3 is 2.87 bits per heavy atom. The van der Waals surface area contributed by atoms with Crippen LogP contribution in [0.2, 0.25) is 0 Å². The van der Waals surface area contributed by atoms with Gasteiger partial charge >= 0.3 is 0 Å². The van der Waals surface area contributed by atoms with Crippen LogP contribution >= 0.6 is 15.9 Å². The molecule has 0 fully saturated rings. The topological polar surface area (TPSA) is 39.4 Å². The molecule has 0 amide bonds. The van der Waals surface area contributed by atoms with Crippen molar-refractivity contribution in [2.45, 2.75) is 20.3 Å². The summed E-state index contributed by atoms with van der Waals surface area (Å²) in [6, 6.07) is 0. The van der Waals surface area contributed by atoms with Gasteiger partial charge in [-0.15, -0.1) is 0 Å². The van der Waals surface area contributed by atoms with Gasteiger partial charge in [-0.05, 0) is 29.3 Å². The van der Waals surface area contributed by atoms with Crippen LogP contribution in [0.1, 0.15) is 18.2 Å². The lowest BCUT2D eigenvalue weighted by Gasteiger charge is -2.10. The zero-order valence-electron chi connectivity index (χ0n) is 8.91. The molecule has 0 bridgehead atoms. The van der Waals surface area contributed by atoms with Crippen LogP contribution in [-0.4, -0.2) is 21.5 Å². The fraction of sp³-hybridized carbons (Fsp3) is 0.400. The third-order valence-corrected chi connectivity index (χ3v) is 3.04. The Hall–Kier alpha value is -1.10. The minimum atomic E-state index is 0.661. The maximum Gasteiger partial charge on any atom is 0.238 e. The molecule has 2 rings (SSSR count). The number of imidazole rings is 1. The van der Waals surface area contributed by atoms with Crippen LogP contribution in [0.3, 0.4) is 0 Å². The van der Waals surface area contributed by atoms with Crippen molar-refractivity contribution < 1.29 is 4.74 Å². The number of hydrogen-bond donors (Lipinski definition) is 0. The van der Waals surface area contributed by atoms with Crippen LogP contribution in [0.15, 0.2) is 10.8 Å². The Balaban J connectivity index is 2.84. The van der Waals surface area contributed by atoms with Crippen molar-refractivity contribution in [1.29, 1.82) is 0 Å². The van der Waals surface area contributed by atoms with Crippen molar-refractivity contribution in [2.75, 3.05) is 7.11 Å². The number of ether oxygens (including phenoxy) is 1. The molecule has 15 heavy (non-hydrogen) atoms. The van der Waals surface area contributed by atoms with Gasteiger partial charge in [0.25, 0.3) is 0 Å². The van der Waals surface area contributed by atoms with Crippen LogP contribution in [0.4, 0.5) is 0 Å². The summed E-state index contributed by atoms with van der Waals surface area (Å²) in [4.78, 5) is 8.53. The van der Waals surface area contributed by atoms with E-state index < -0.39 is 0 Å². The molecule has 0 spiro atoms. The summed E-state index contributed by atoms with van der Waals surface area (Å²) in [5.74, 6) is 1.33. The van der Waals surface area contributed by atoms with E-state index in [0.29, 0.717) is 11.7 Å². The van der Waals surface area contributed by atoms with Crippen molar-refractivity contribution in [2.24, 2.45) is 0 Å². The maximum atomic E-state index is 5.25. The first-order valence-corrected chi connectivity index (χ1v) is 5.54. The number of fused-ring (bicyclic) bond motifs is 1. The van der Waals surface area contributed by atoms with Gasteiger partial charge in [0.2, 0.25) is 11.7 Å². The molecule has 0 aliphatic heterocycles. The predicted molar refractivity (Wildman–Crippen MR) is 61.4 cm³/mol. The van der Waals surface area contributed by atoms with Crippen LogP contribution in [0, 0.1) is 6.92 Å². The lowest BCUT2D eigenvalue weighted by Crippen LogP contribution is -2.04. The molecule has 2 heterocycles. The van der Waals surface area contributed by atoms with E-state index >= 15 is 0 Å². The summed E-state index contributed by atoms with van der Waals surface area (Å²) in [6.45, 7) is 4.13. The Kier molecular flexibility index (Phi) is 2.65. The third-order valence-electron chi connectivity index (χ3n) is 2.48. The SMILES string of the molecule is CCc1c(OC)nc2ncc(Br)n2c1C. The first kappa shape index (κ1) is 10.4. The largest absolute Gasteiger partial charge is 0.481 e. The molecule has 0 saturated heterocycles. The van der Waals surface area contributed by atoms with Gasteiger partial charge in [-0.25, -0.2) is 4.98 Å². The Morgan fingerprint density at radius 2 is 2.27 bits per heavy atom. The molecule has 4 nitrogen and oxygen atoms in total. The highest BCUT2D eigenvalue weighted by atomic mass is 79.9. The summed E-state index contributed by atoms with van der Waals surface area (Å²) in [7, 11) is 1.63. The fourth-order valence-electron chi connectivity index (χ4n) is 1.74. The second-order valence-electron chi connectivity index (χ2n) is 3.25. The van der Waals surface area contributed by atoms with Crippen molar-refractivity contribution in [1.82, 2.24) is 14.4 Å². The Bertz CT molecular complexity index is 507. The van der Waals surface area contributed by atoms with Crippen LogP contribution in [0.5, 0.6) is 5.88 Å². The second-order valence-corrected chi connectivity index (χ2v) is 4.07. The van der Waals surface area contributed by atoms with E-state index in [9.17, 15) is 0 Å². The highest BCUT2D eigenvalue weighted by Crippen LogP contribution is 2.24. The molecular formula is C10H12BrN3O. The van der Waals surface area contributed by atoms with E-state index in [-0.39, 0.29) is 0 Å². The molecule has 2 aromatic heterocycles. The molecule has 0 aliphatic carbocycles. The number of nitrogens with zero attached hydrogens (tertiary/aromatic N) is 3. The second kappa shape index (κ2) is 3.81. The fourth-order valence-corrected chi connectivity index (χ4v) is 2.26. The number of hydrogen-bond acceptors (Lipinski definition) is 3. The molecular weight excluding hydrogens is 258 g/mol. The third kappa shape index (κ3) is 1.51. The smallest absolute Gasteiger partial charge is 0.238 e. The molecule has 0 aliphatic rings. The van der Waals surface area contributed by atoms with Crippen molar-refractivity contribution in [3.8, 4) is 5.88 Å². The average Bonchev–Trinajstić information content (AvgIpc) is 2.60. The molecule has 0 unspecified atom stereocenters. The standard InChI is InChI=1S/C10H12BrN3O/c1-4-7-6(2)14-8(11)5-12-10(14)13-9(7)15-3/h5H,4H2,1-3H3. The lowest BCUT2D eigenvalue weighted by molar-refractivity contribution is 0.392. The number of aryl methyl sites for hydroxylation is 1. The monoisotopic (exact) mass is 269 g/mol. The zero-order chi connectivity index (χ0) is 11.0. The maximum absolute atomic E-state index is 5.25. The van der Waals surface area contributed by atoms with Gasteiger partial charge < -0.3 is 4.74 Å². The van der Waals surface area contributed by atoms with E-state index in [0.717, 1.165) is 22.3 Å². The summed E-state index contributed by atoms with van der Waals surface area (Å²) in [5.41, 5.74) is 2.23. The van der Waals surface area contributed by atoms with E-state index in [2.05, 4.69) is 32.8 Å². The lowest BCUT2D eigenvalue weighted by atomic mass is 10.2. The number of methoxy groups -OCH3 is 1. The molecule has 0 saturated carbocycles. The summed E-state index contributed by atoms with van der Waals surface area (Å²) < 4.78 is 8.14. The van der Waals surface area contributed by atoms with Gasteiger partial charge in [-0.3, -0.25) is 4.40 Å². The van der Waals surface area contributed by atoms with Gasteiger partial charge in [0.15, 0.2) is 0 Å². The number of halogens is 1. The average molecular weight is 270 g/mol. The van der Waals surface area contributed by atoms with E-state index in [1.165, 1.54) is 0 Å². The minimum absolute atomic E-state index is 0.661. The number of rotatable bonds is 2.